The molecule has 2 aliphatic carbocycles. The molecule has 2 aliphatic heterocycles. The Hall–Kier alpha value is -0.110. The lowest BCUT2D eigenvalue weighted by molar-refractivity contribution is 0.110. The highest BCUT2D eigenvalue weighted by Gasteiger charge is 2.62. The maximum atomic E-state index is 5.45. The summed E-state index contributed by atoms with van der Waals surface area (Å²) in [7, 11) is 0. The Kier molecular flexibility index (Phi) is 2.12. The van der Waals surface area contributed by atoms with E-state index in [1.165, 1.54) is 12.8 Å². The number of hydrogen-bond acceptors (Lipinski definition) is 2. The molecule has 0 radical (unpaired) electrons. The zero-order valence-corrected chi connectivity index (χ0v) is 10.5. The van der Waals surface area contributed by atoms with Gasteiger partial charge in [-0.25, -0.2) is 0 Å². The second-order valence-corrected chi connectivity index (χ2v) is 7.54. The Morgan fingerprint density at radius 3 is 2.81 bits per heavy atom. The predicted octanol–water partition coefficient (Wildman–Crippen LogP) is 3.31. The van der Waals surface area contributed by atoms with E-state index in [-0.39, 0.29) is 0 Å². The van der Waals surface area contributed by atoms with E-state index in [9.17, 15) is 0 Å². The van der Waals surface area contributed by atoms with Crippen molar-refractivity contribution in [3.05, 3.63) is 12.8 Å². The van der Waals surface area contributed by atoms with E-state index in [0.717, 1.165) is 46.7 Å². The van der Waals surface area contributed by atoms with Gasteiger partial charge in [-0.1, -0.05) is 6.58 Å². The summed E-state index contributed by atoms with van der Waals surface area (Å²) in [5.41, 5.74) is 0. The van der Waals surface area contributed by atoms with Crippen molar-refractivity contribution in [2.24, 2.45) is 29.6 Å². The maximum absolute atomic E-state index is 5.45. The number of rotatable bonds is 3. The third-order valence-corrected chi connectivity index (χ3v) is 7.49. The van der Waals surface area contributed by atoms with Gasteiger partial charge in [0.25, 0.3) is 0 Å². The fraction of sp³-hybridized carbons (Fsp3) is 0.857. The largest absolute Gasteiger partial charge is 0.501 e. The van der Waals surface area contributed by atoms with Crippen LogP contribution in [0.5, 0.6) is 0 Å². The normalized spacial score (nSPS) is 56.6. The lowest BCUT2D eigenvalue weighted by Crippen LogP contribution is -2.38. The van der Waals surface area contributed by atoms with Gasteiger partial charge < -0.3 is 4.74 Å². The van der Waals surface area contributed by atoms with Gasteiger partial charge in [-0.05, 0) is 49.4 Å². The standard InChI is InChI=1S/C14H20OS/c1-2-15-7-10-6-11-12-8-3-4-9(5-8)13(12)14(10)16-11/h2,8-14H,1,3-7H2. The maximum Gasteiger partial charge on any atom is 0.0912 e. The van der Waals surface area contributed by atoms with Gasteiger partial charge in [0.05, 0.1) is 12.9 Å². The van der Waals surface area contributed by atoms with E-state index in [2.05, 4.69) is 18.3 Å². The summed E-state index contributed by atoms with van der Waals surface area (Å²) in [6.45, 7) is 4.59. The van der Waals surface area contributed by atoms with Gasteiger partial charge in [0.2, 0.25) is 0 Å². The van der Waals surface area contributed by atoms with E-state index >= 15 is 0 Å². The van der Waals surface area contributed by atoms with Gasteiger partial charge in [-0.15, -0.1) is 0 Å². The highest BCUT2D eigenvalue weighted by Crippen LogP contribution is 2.68. The fourth-order valence-corrected chi connectivity index (χ4v) is 7.57. The highest BCUT2D eigenvalue weighted by atomic mass is 32.2. The van der Waals surface area contributed by atoms with Crippen molar-refractivity contribution in [2.75, 3.05) is 6.61 Å². The van der Waals surface area contributed by atoms with Crippen molar-refractivity contribution in [1.29, 1.82) is 0 Å². The van der Waals surface area contributed by atoms with Crippen LogP contribution in [0.1, 0.15) is 25.7 Å². The third-order valence-electron chi connectivity index (χ3n) is 5.62. The first kappa shape index (κ1) is 9.87. The van der Waals surface area contributed by atoms with Crippen LogP contribution >= 0.6 is 11.8 Å². The molecule has 0 aromatic heterocycles. The Bertz CT molecular complexity index is 316. The molecule has 1 nitrogen and oxygen atoms in total. The summed E-state index contributed by atoms with van der Waals surface area (Å²) in [4.78, 5) is 0. The molecule has 88 valence electrons. The molecule has 2 heteroatoms. The van der Waals surface area contributed by atoms with Gasteiger partial charge in [-0.3, -0.25) is 0 Å². The highest BCUT2D eigenvalue weighted by molar-refractivity contribution is 8.01. The Morgan fingerprint density at radius 2 is 2.00 bits per heavy atom. The van der Waals surface area contributed by atoms with E-state index < -0.39 is 0 Å². The van der Waals surface area contributed by atoms with Crippen LogP contribution in [0, 0.1) is 29.6 Å². The van der Waals surface area contributed by atoms with E-state index in [0.29, 0.717) is 0 Å². The molecule has 7 unspecified atom stereocenters. The summed E-state index contributed by atoms with van der Waals surface area (Å²) in [5.74, 6) is 5.20. The van der Waals surface area contributed by atoms with E-state index in [4.69, 9.17) is 4.74 Å². The van der Waals surface area contributed by atoms with Crippen LogP contribution in [0.3, 0.4) is 0 Å². The number of thioether (sulfide) groups is 1. The van der Waals surface area contributed by atoms with Gasteiger partial charge in [0.1, 0.15) is 0 Å². The van der Waals surface area contributed by atoms with Crippen LogP contribution in [0.15, 0.2) is 12.8 Å². The monoisotopic (exact) mass is 236 g/mol. The lowest BCUT2D eigenvalue weighted by atomic mass is 9.68. The van der Waals surface area contributed by atoms with Crippen LogP contribution in [-0.2, 0) is 4.74 Å². The third kappa shape index (κ3) is 1.15. The van der Waals surface area contributed by atoms with E-state index in [1.54, 1.807) is 19.1 Å². The Balaban J connectivity index is 1.54. The van der Waals surface area contributed by atoms with E-state index in [1.807, 2.05) is 0 Å². The summed E-state index contributed by atoms with van der Waals surface area (Å²) < 4.78 is 5.45. The molecule has 0 amide bonds. The molecule has 0 aromatic rings. The Labute approximate surface area is 102 Å². The molecule has 4 bridgehead atoms. The molecule has 4 aliphatic rings. The van der Waals surface area contributed by atoms with Crippen LogP contribution < -0.4 is 0 Å². The number of hydrogen-bond donors (Lipinski definition) is 0. The first-order valence-electron chi connectivity index (χ1n) is 6.76. The SMILES string of the molecule is C=COCC1CC2SC1C1C3CCC(C3)C21. The van der Waals surface area contributed by atoms with Crippen LogP contribution in [0.2, 0.25) is 0 Å². The molecule has 4 fully saturated rings. The molecular formula is C14H20OS. The predicted molar refractivity (Wildman–Crippen MR) is 67.2 cm³/mol. The minimum absolute atomic E-state index is 0.827. The summed E-state index contributed by atoms with van der Waals surface area (Å²) in [5, 5.41) is 1.92. The Morgan fingerprint density at radius 1 is 1.19 bits per heavy atom. The average molecular weight is 236 g/mol. The summed E-state index contributed by atoms with van der Waals surface area (Å²) in [6.07, 6.45) is 7.69. The topological polar surface area (TPSA) is 9.23 Å². The second-order valence-electron chi connectivity index (χ2n) is 6.12. The summed E-state index contributed by atoms with van der Waals surface area (Å²) >= 11 is 2.32. The van der Waals surface area contributed by atoms with Crippen molar-refractivity contribution in [2.45, 2.75) is 36.2 Å². The van der Waals surface area contributed by atoms with Gasteiger partial charge in [0, 0.05) is 16.4 Å². The fourth-order valence-electron chi connectivity index (χ4n) is 5.23. The van der Waals surface area contributed by atoms with Crippen molar-refractivity contribution in [3.8, 4) is 0 Å². The van der Waals surface area contributed by atoms with Gasteiger partial charge in [0.15, 0.2) is 0 Å². The van der Waals surface area contributed by atoms with Crippen molar-refractivity contribution in [3.63, 3.8) is 0 Å². The van der Waals surface area contributed by atoms with Crippen molar-refractivity contribution < 1.29 is 4.74 Å². The molecular weight excluding hydrogens is 216 g/mol. The average Bonchev–Trinajstić information content (AvgIpc) is 3.02. The molecule has 7 atom stereocenters. The first-order chi connectivity index (χ1) is 7.88. The van der Waals surface area contributed by atoms with Crippen molar-refractivity contribution in [1.82, 2.24) is 0 Å². The van der Waals surface area contributed by atoms with Crippen molar-refractivity contribution >= 4 is 11.8 Å². The first-order valence-corrected chi connectivity index (χ1v) is 7.70. The molecule has 2 saturated carbocycles. The molecule has 0 N–H and O–H groups in total. The molecule has 16 heavy (non-hydrogen) atoms. The molecule has 2 saturated heterocycles. The quantitative estimate of drug-likeness (QED) is 0.695. The minimum Gasteiger partial charge on any atom is -0.501 e. The smallest absolute Gasteiger partial charge is 0.0912 e. The molecule has 2 heterocycles. The number of ether oxygens (including phenoxy) is 1. The zero-order valence-electron chi connectivity index (χ0n) is 9.68. The second kappa shape index (κ2) is 3.44. The summed E-state index contributed by atoms with van der Waals surface area (Å²) in [6, 6.07) is 0. The molecule has 0 spiro atoms. The van der Waals surface area contributed by atoms with Gasteiger partial charge >= 0.3 is 0 Å². The van der Waals surface area contributed by atoms with Crippen LogP contribution in [-0.4, -0.2) is 17.1 Å². The minimum atomic E-state index is 0.827. The lowest BCUT2D eigenvalue weighted by Gasteiger charge is -2.37. The number of fused-ring (bicyclic) bond motifs is 9. The van der Waals surface area contributed by atoms with Gasteiger partial charge in [-0.2, -0.15) is 11.8 Å². The van der Waals surface area contributed by atoms with Crippen LogP contribution in [0.25, 0.3) is 0 Å². The van der Waals surface area contributed by atoms with Crippen LogP contribution in [0.4, 0.5) is 0 Å². The molecule has 0 aromatic carbocycles. The zero-order chi connectivity index (χ0) is 10.7. The molecule has 4 rings (SSSR count).